The van der Waals surface area contributed by atoms with Crippen molar-refractivity contribution >= 4 is 43.3 Å². The summed E-state index contributed by atoms with van der Waals surface area (Å²) in [6.07, 6.45) is 0. The molecule has 2 heterocycles. The van der Waals surface area contributed by atoms with Crippen molar-refractivity contribution < 1.29 is 8.42 Å². The minimum absolute atomic E-state index is 0.0139. The van der Waals surface area contributed by atoms with Crippen LogP contribution in [0.5, 0.6) is 0 Å². The Labute approximate surface area is 127 Å². The summed E-state index contributed by atoms with van der Waals surface area (Å²) in [5, 5.41) is 3.90. The van der Waals surface area contributed by atoms with E-state index < -0.39 is 10.0 Å². The van der Waals surface area contributed by atoms with E-state index in [1.807, 2.05) is 13.0 Å². The molecule has 0 aliphatic heterocycles. The largest absolute Gasteiger partial charge is 0.368 e. The van der Waals surface area contributed by atoms with Crippen molar-refractivity contribution in [2.45, 2.75) is 6.92 Å². The van der Waals surface area contributed by atoms with Crippen LogP contribution in [0.1, 0.15) is 4.88 Å². The van der Waals surface area contributed by atoms with Gasteiger partial charge in [0.2, 0.25) is 16.0 Å². The Balaban J connectivity index is 2.21. The topological polar surface area (TPSA) is 113 Å². The van der Waals surface area contributed by atoms with Crippen LogP contribution in [0.25, 0.3) is 10.2 Å². The second-order valence-corrected chi connectivity index (χ2v) is 8.18. The summed E-state index contributed by atoms with van der Waals surface area (Å²) in [5.74, 6) is 6.21. The van der Waals surface area contributed by atoms with Crippen molar-refractivity contribution in [1.29, 1.82) is 0 Å². The number of hydrogen-bond donors (Lipinski definition) is 3. The van der Waals surface area contributed by atoms with Crippen molar-refractivity contribution in [1.82, 2.24) is 14.3 Å². The number of nitrogens with zero attached hydrogens (tertiary/aromatic N) is 3. The minimum Gasteiger partial charge on any atom is -0.368 e. The molecule has 0 fully saturated rings. The van der Waals surface area contributed by atoms with Crippen molar-refractivity contribution in [3.63, 3.8) is 0 Å². The Hall–Kier alpha value is -1.49. The van der Waals surface area contributed by atoms with Gasteiger partial charge in [0.05, 0.1) is 11.1 Å². The maximum atomic E-state index is 11.7. The van der Waals surface area contributed by atoms with E-state index in [0.717, 1.165) is 15.1 Å². The number of rotatable bonds is 6. The average molecular weight is 330 g/mol. The van der Waals surface area contributed by atoms with E-state index in [1.54, 1.807) is 0 Å². The molecule has 0 unspecified atom stereocenters. The highest BCUT2D eigenvalue weighted by Crippen LogP contribution is 2.29. The molecule has 0 amide bonds. The van der Waals surface area contributed by atoms with Gasteiger partial charge >= 0.3 is 0 Å². The Bertz CT molecular complexity index is 740. The molecular weight excluding hydrogens is 312 g/mol. The summed E-state index contributed by atoms with van der Waals surface area (Å²) in [7, 11) is -0.221. The molecule has 0 saturated heterocycles. The molecule has 0 aliphatic rings. The van der Waals surface area contributed by atoms with E-state index in [-0.39, 0.29) is 12.3 Å². The first kappa shape index (κ1) is 15.9. The van der Waals surface area contributed by atoms with Crippen LogP contribution in [0, 0.1) is 6.92 Å². The highest BCUT2D eigenvalue weighted by molar-refractivity contribution is 7.89. The summed E-state index contributed by atoms with van der Waals surface area (Å²) in [5.41, 5.74) is 2.41. The van der Waals surface area contributed by atoms with Gasteiger partial charge in [0, 0.05) is 25.5 Å². The number of nitrogen functional groups attached to an aromatic ring is 1. The van der Waals surface area contributed by atoms with Gasteiger partial charge in [0.15, 0.2) is 0 Å². The molecule has 4 N–H and O–H groups in total. The normalized spacial score (nSPS) is 12.0. The molecule has 0 aromatic carbocycles. The Morgan fingerprint density at radius 2 is 2.10 bits per heavy atom. The van der Waals surface area contributed by atoms with Gasteiger partial charge < -0.3 is 5.32 Å². The van der Waals surface area contributed by atoms with Gasteiger partial charge in [0.25, 0.3) is 0 Å². The first-order chi connectivity index (χ1) is 9.83. The molecule has 2 aromatic heterocycles. The number of sulfonamides is 1. The highest BCUT2D eigenvalue weighted by atomic mass is 32.2. The Kier molecular flexibility index (Phi) is 4.61. The van der Waals surface area contributed by atoms with E-state index in [2.05, 4.69) is 20.7 Å². The fraction of sp³-hybridized carbons (Fsp3) is 0.455. The lowest BCUT2D eigenvalue weighted by Gasteiger charge is -2.12. The summed E-state index contributed by atoms with van der Waals surface area (Å²) in [4.78, 5) is 10.4. The van der Waals surface area contributed by atoms with Gasteiger partial charge in [-0.3, -0.25) is 5.43 Å². The molecule has 0 radical (unpaired) electrons. The fourth-order valence-electron chi connectivity index (χ4n) is 1.72. The summed E-state index contributed by atoms with van der Waals surface area (Å²) < 4.78 is 24.7. The number of hydrazine groups is 1. The number of fused-ring (bicyclic) bond motifs is 1. The molecule has 0 saturated carbocycles. The number of nitrogens with two attached hydrogens (primary N) is 1. The first-order valence-corrected chi connectivity index (χ1v) is 8.65. The zero-order chi connectivity index (χ0) is 15.6. The van der Waals surface area contributed by atoms with Gasteiger partial charge in [-0.2, -0.15) is 4.98 Å². The first-order valence-electron chi connectivity index (χ1n) is 6.22. The number of hydrogen-bond acceptors (Lipinski definition) is 8. The SMILES string of the molecule is Cc1cc2c(NCCS(=O)(=O)N(C)C)nc(NN)nc2s1. The number of aryl methyl sites for hydroxylation is 1. The van der Waals surface area contributed by atoms with Crippen LogP contribution < -0.4 is 16.6 Å². The number of anilines is 2. The number of nitrogens with one attached hydrogen (secondary N) is 2. The van der Waals surface area contributed by atoms with Crippen molar-refractivity contribution in [2.24, 2.45) is 5.84 Å². The van der Waals surface area contributed by atoms with E-state index in [9.17, 15) is 8.42 Å². The lowest BCUT2D eigenvalue weighted by molar-refractivity contribution is 0.521. The molecule has 0 atom stereocenters. The van der Waals surface area contributed by atoms with Crippen LogP contribution >= 0.6 is 11.3 Å². The number of aromatic nitrogens is 2. The van der Waals surface area contributed by atoms with Crippen LogP contribution in [0.3, 0.4) is 0 Å². The third kappa shape index (κ3) is 3.59. The number of thiophene rings is 1. The van der Waals surface area contributed by atoms with Gasteiger partial charge in [-0.15, -0.1) is 11.3 Å². The lowest BCUT2D eigenvalue weighted by atomic mass is 10.3. The molecule has 2 rings (SSSR count). The smallest absolute Gasteiger partial charge is 0.240 e. The van der Waals surface area contributed by atoms with Gasteiger partial charge in [-0.25, -0.2) is 23.5 Å². The standard InChI is InChI=1S/C11H18N6O2S2/c1-7-6-8-9(13-4-5-21(18,19)17(2)3)14-11(16-12)15-10(8)20-7/h6H,4-5,12H2,1-3H3,(H2,13,14,15,16). The van der Waals surface area contributed by atoms with Crippen molar-refractivity contribution in [2.75, 3.05) is 37.1 Å². The quantitative estimate of drug-likeness (QED) is 0.524. The molecule has 2 aromatic rings. The molecule has 0 bridgehead atoms. The third-order valence-electron chi connectivity index (χ3n) is 2.85. The molecular formula is C11H18N6O2S2. The van der Waals surface area contributed by atoms with Crippen LogP contribution in [0.2, 0.25) is 0 Å². The molecule has 116 valence electrons. The van der Waals surface area contributed by atoms with E-state index in [0.29, 0.717) is 11.8 Å². The van der Waals surface area contributed by atoms with E-state index >= 15 is 0 Å². The van der Waals surface area contributed by atoms with Crippen molar-refractivity contribution in [3.05, 3.63) is 10.9 Å². The molecule has 10 heteroatoms. The maximum absolute atomic E-state index is 11.7. The minimum atomic E-state index is -3.24. The second-order valence-electron chi connectivity index (χ2n) is 4.64. The summed E-state index contributed by atoms with van der Waals surface area (Å²) >= 11 is 1.53. The predicted molar refractivity (Wildman–Crippen MR) is 85.9 cm³/mol. The second kappa shape index (κ2) is 6.10. The fourth-order valence-corrected chi connectivity index (χ4v) is 3.33. The monoisotopic (exact) mass is 330 g/mol. The van der Waals surface area contributed by atoms with Crippen LogP contribution in [-0.4, -0.2) is 49.1 Å². The molecule has 8 nitrogen and oxygen atoms in total. The van der Waals surface area contributed by atoms with Crippen LogP contribution in [0.15, 0.2) is 6.07 Å². The van der Waals surface area contributed by atoms with Crippen LogP contribution in [0.4, 0.5) is 11.8 Å². The van der Waals surface area contributed by atoms with Gasteiger partial charge in [-0.1, -0.05) is 0 Å². The van der Waals surface area contributed by atoms with Gasteiger partial charge in [0.1, 0.15) is 10.6 Å². The van der Waals surface area contributed by atoms with E-state index in [4.69, 9.17) is 5.84 Å². The molecule has 21 heavy (non-hydrogen) atoms. The summed E-state index contributed by atoms with van der Waals surface area (Å²) in [6, 6.07) is 1.96. The average Bonchev–Trinajstić information content (AvgIpc) is 2.78. The molecule has 0 spiro atoms. The maximum Gasteiger partial charge on any atom is 0.240 e. The Morgan fingerprint density at radius 3 is 2.71 bits per heavy atom. The lowest BCUT2D eigenvalue weighted by Crippen LogP contribution is -2.28. The van der Waals surface area contributed by atoms with E-state index in [1.165, 1.54) is 29.7 Å². The van der Waals surface area contributed by atoms with Gasteiger partial charge in [-0.05, 0) is 13.0 Å². The predicted octanol–water partition coefficient (Wildman–Crippen LogP) is 0.589. The molecule has 0 aliphatic carbocycles. The highest BCUT2D eigenvalue weighted by Gasteiger charge is 2.14. The summed E-state index contributed by atoms with van der Waals surface area (Å²) in [6.45, 7) is 2.23. The third-order valence-corrected chi connectivity index (χ3v) is 5.63. The van der Waals surface area contributed by atoms with Crippen molar-refractivity contribution in [3.8, 4) is 0 Å². The zero-order valence-electron chi connectivity index (χ0n) is 12.0. The zero-order valence-corrected chi connectivity index (χ0v) is 13.7. The Morgan fingerprint density at radius 1 is 1.38 bits per heavy atom. The van der Waals surface area contributed by atoms with Crippen LogP contribution in [-0.2, 0) is 10.0 Å².